The Morgan fingerprint density at radius 2 is 0.454 bits per heavy atom. The average Bonchev–Trinajstić information content (AvgIpc) is 0.719. The Balaban J connectivity index is 0.000000126. The molecule has 0 bridgehead atoms. The molecule has 0 spiro atoms. The molecule has 4 heterocycles. The summed E-state index contributed by atoms with van der Waals surface area (Å²) in [5.41, 5.74) is 14.8. The summed E-state index contributed by atoms with van der Waals surface area (Å²) in [7, 11) is 0. The zero-order valence-corrected chi connectivity index (χ0v) is 53.8. The first-order chi connectivity index (χ1) is 47.7. The molecule has 0 aliphatic rings. The molecule has 9 heteroatoms. The highest BCUT2D eigenvalue weighted by Crippen LogP contribution is 2.42. The van der Waals surface area contributed by atoms with Gasteiger partial charge in [-0.15, -0.1) is 0 Å². The zero-order valence-electron chi connectivity index (χ0n) is 52.2. The van der Waals surface area contributed by atoms with Gasteiger partial charge < -0.3 is 10.2 Å². The van der Waals surface area contributed by atoms with Crippen molar-refractivity contribution in [1.29, 1.82) is 0 Å². The van der Waals surface area contributed by atoms with E-state index in [1.807, 2.05) is 121 Å². The second kappa shape index (κ2) is 25.4. The SMILES string of the molecule is O=c1c2ccccc2c2cc(Br)cc3c4ccccc4c(=O)n1c23.O=c1c2ccccc2c2cc(N(c3ccc(-c4ccccc4)cc3)c3ccc(-c4ccccc4)cc3)cc3c4ccccc4c(=O)n1c23.c1ccc(-c2ccc(Nc3ccc(-c4ccccc4)cc3)cc2)cc1. The van der Waals surface area contributed by atoms with Crippen molar-refractivity contribution in [2.45, 2.75) is 0 Å². The zero-order chi connectivity index (χ0) is 65.5. The van der Waals surface area contributed by atoms with Crippen molar-refractivity contribution >= 4 is 120 Å². The quantitative estimate of drug-likeness (QED) is 0.114. The minimum absolute atomic E-state index is 0.263. The molecule has 0 amide bonds. The highest BCUT2D eigenvalue weighted by Gasteiger charge is 2.23. The minimum Gasteiger partial charge on any atom is -0.356 e. The normalized spacial score (nSPS) is 11.3. The number of halogens is 1. The lowest BCUT2D eigenvalue weighted by molar-refractivity contribution is 1.09. The number of hydrogen-bond donors (Lipinski definition) is 1. The van der Waals surface area contributed by atoms with E-state index >= 15 is 0 Å². The number of hydrogen-bond acceptors (Lipinski definition) is 6. The first-order valence-corrected chi connectivity index (χ1v) is 32.9. The minimum atomic E-state index is -0.295. The third kappa shape index (κ3) is 11.1. The maximum atomic E-state index is 13.9. The van der Waals surface area contributed by atoms with Gasteiger partial charge in [-0.1, -0.05) is 259 Å². The molecule has 0 unspecified atom stereocenters. The third-order valence-electron chi connectivity index (χ3n) is 18.2. The molecule has 4 aromatic heterocycles. The molecule has 0 radical (unpaired) electrons. The number of fused-ring (bicyclic) bond motifs is 8. The Labute approximate surface area is 565 Å². The molecule has 18 rings (SSSR count). The van der Waals surface area contributed by atoms with E-state index in [9.17, 15) is 19.2 Å². The van der Waals surface area contributed by atoms with Crippen molar-refractivity contribution in [2.24, 2.45) is 0 Å². The molecule has 0 aliphatic heterocycles. The van der Waals surface area contributed by atoms with Crippen LogP contribution in [0, 0.1) is 0 Å². The average molecular weight is 1310 g/mol. The molecule has 1 N–H and O–H groups in total. The van der Waals surface area contributed by atoms with Crippen LogP contribution in [0.3, 0.4) is 0 Å². The summed E-state index contributed by atoms with van der Waals surface area (Å²) in [4.78, 5) is 56.0. The molecule has 460 valence electrons. The van der Waals surface area contributed by atoms with Gasteiger partial charge in [0.2, 0.25) is 0 Å². The predicted molar refractivity (Wildman–Crippen MR) is 408 cm³/mol. The predicted octanol–water partition coefficient (Wildman–Crippen LogP) is 21.4. The van der Waals surface area contributed by atoms with Gasteiger partial charge in [0.1, 0.15) is 0 Å². The van der Waals surface area contributed by atoms with Crippen molar-refractivity contribution in [3.63, 3.8) is 0 Å². The van der Waals surface area contributed by atoms with Crippen LogP contribution < -0.4 is 32.5 Å². The Morgan fingerprint density at radius 3 is 0.732 bits per heavy atom. The topological polar surface area (TPSA) is 92.4 Å². The highest BCUT2D eigenvalue weighted by atomic mass is 79.9. The third-order valence-corrected chi connectivity index (χ3v) is 18.7. The van der Waals surface area contributed by atoms with Gasteiger partial charge in [-0.05, 0) is 163 Å². The van der Waals surface area contributed by atoms with Gasteiger partial charge in [-0.3, -0.25) is 19.2 Å². The van der Waals surface area contributed by atoms with Gasteiger partial charge in [0.15, 0.2) is 0 Å². The number of nitrogens with one attached hydrogen (secondary N) is 1. The van der Waals surface area contributed by atoms with Crippen molar-refractivity contribution in [1.82, 2.24) is 8.80 Å². The fourth-order valence-electron chi connectivity index (χ4n) is 13.6. The van der Waals surface area contributed by atoms with E-state index in [0.29, 0.717) is 32.6 Å². The van der Waals surface area contributed by atoms with Gasteiger partial charge >= 0.3 is 0 Å². The maximum Gasteiger partial charge on any atom is 0.266 e. The molecule has 0 fully saturated rings. The Hall–Kier alpha value is -12.6. The second-order valence-electron chi connectivity index (χ2n) is 24.0. The Kier molecular flexibility index (Phi) is 15.6. The smallest absolute Gasteiger partial charge is 0.266 e. The van der Waals surface area contributed by atoms with E-state index in [2.05, 4.69) is 232 Å². The van der Waals surface area contributed by atoms with Gasteiger partial charge in [0.25, 0.3) is 22.2 Å². The molecule has 0 saturated heterocycles. The molecule has 97 heavy (non-hydrogen) atoms. The van der Waals surface area contributed by atoms with E-state index in [-0.39, 0.29) is 22.2 Å². The van der Waals surface area contributed by atoms with E-state index in [1.54, 1.807) is 12.1 Å². The summed E-state index contributed by atoms with van der Waals surface area (Å²) in [6.45, 7) is 0. The number of anilines is 5. The van der Waals surface area contributed by atoms with E-state index in [1.165, 1.54) is 31.1 Å². The first kappa shape index (κ1) is 59.5. The molecule has 0 atom stereocenters. The fourth-order valence-corrected chi connectivity index (χ4v) is 14.0. The van der Waals surface area contributed by atoms with Crippen LogP contribution in [-0.2, 0) is 0 Å². The summed E-state index contributed by atoms with van der Waals surface area (Å²) < 4.78 is 3.61. The molecule has 0 aliphatic carbocycles. The van der Waals surface area contributed by atoms with Crippen LogP contribution in [0.1, 0.15) is 0 Å². The van der Waals surface area contributed by atoms with Gasteiger partial charge in [-0.2, -0.15) is 0 Å². The van der Waals surface area contributed by atoms with E-state index in [0.717, 1.165) is 98.3 Å². The maximum absolute atomic E-state index is 13.9. The summed E-state index contributed by atoms with van der Waals surface area (Å²) in [5.74, 6) is 0. The van der Waals surface area contributed by atoms with Crippen molar-refractivity contribution in [3.05, 3.63) is 386 Å². The summed E-state index contributed by atoms with van der Waals surface area (Å²) >= 11 is 3.57. The van der Waals surface area contributed by atoms with Crippen LogP contribution in [0.2, 0.25) is 0 Å². The first-order valence-electron chi connectivity index (χ1n) is 32.1. The largest absolute Gasteiger partial charge is 0.356 e. The van der Waals surface area contributed by atoms with Crippen molar-refractivity contribution < 1.29 is 0 Å². The fraction of sp³-hybridized carbons (Fsp3) is 0. The Morgan fingerprint density at radius 1 is 0.227 bits per heavy atom. The monoisotopic (exact) mass is 1310 g/mol. The van der Waals surface area contributed by atoms with Gasteiger partial charge in [0, 0.05) is 76.0 Å². The summed E-state index contributed by atoms with van der Waals surface area (Å²) in [6.07, 6.45) is 0. The van der Waals surface area contributed by atoms with Crippen molar-refractivity contribution in [2.75, 3.05) is 10.2 Å². The van der Waals surface area contributed by atoms with Crippen molar-refractivity contribution in [3.8, 4) is 44.5 Å². The molecule has 14 aromatic carbocycles. The van der Waals surface area contributed by atoms with Crippen LogP contribution in [-0.4, -0.2) is 8.80 Å². The standard InChI is InChI=1S/C44H28N2O2.C24H19N.C20H10BrNO2/c47-43-38-17-9-7-15-36(38)40-27-35(28-41-37-16-8-10-18-39(37)44(48)46(43)42(40)41)45(33-23-19-31(20-24-33)29-11-3-1-4-12-29)34-25-21-32(22-26-34)30-13-5-2-6-14-30;1-3-7-19(8-4-1)21-11-15-23(16-12-21)25-24-17-13-22(14-18-24)20-9-5-2-6-10-20;21-11-9-16-12-5-1-3-7-14(12)19(23)22-18(16)17(10-11)13-6-2-4-8-15(13)20(22)24/h1-28H;1-18,25H;1-10H. The lowest BCUT2D eigenvalue weighted by atomic mass is 9.98. The lowest BCUT2D eigenvalue weighted by Gasteiger charge is -2.27. The van der Waals surface area contributed by atoms with Crippen LogP contribution in [0.15, 0.2) is 363 Å². The molecule has 0 saturated carbocycles. The molecule has 18 aromatic rings. The number of aromatic nitrogens is 2. The van der Waals surface area contributed by atoms with Crippen LogP contribution in [0.25, 0.3) is 120 Å². The number of rotatable bonds is 9. The van der Waals surface area contributed by atoms with Crippen LogP contribution in [0.5, 0.6) is 0 Å². The molecule has 8 nitrogen and oxygen atoms in total. The summed E-state index contributed by atoms with van der Waals surface area (Å²) in [5, 5.41) is 12.5. The number of pyridine rings is 4. The summed E-state index contributed by atoms with van der Waals surface area (Å²) in [6, 6.07) is 114. The highest BCUT2D eigenvalue weighted by molar-refractivity contribution is 9.10. The van der Waals surface area contributed by atoms with E-state index in [4.69, 9.17) is 0 Å². The van der Waals surface area contributed by atoms with Crippen LogP contribution >= 0.6 is 15.9 Å². The molecular weight excluding hydrogens is 1260 g/mol. The number of benzene rings is 14. The second-order valence-corrected chi connectivity index (χ2v) is 24.9. The molecular formula is C88H57BrN4O4. The van der Waals surface area contributed by atoms with Crippen LogP contribution in [0.4, 0.5) is 28.4 Å². The number of nitrogens with zero attached hydrogens (tertiary/aromatic N) is 3. The van der Waals surface area contributed by atoms with E-state index < -0.39 is 0 Å². The van der Waals surface area contributed by atoms with Gasteiger partial charge in [-0.25, -0.2) is 8.80 Å². The Bertz CT molecular complexity index is 5850. The lowest BCUT2D eigenvalue weighted by Crippen LogP contribution is -2.27. The van der Waals surface area contributed by atoms with Gasteiger partial charge in [0.05, 0.1) is 11.0 Å².